The Kier molecular flexibility index (Phi) is 3.46. The maximum Gasteiger partial charge on any atom is 0.252 e. The second kappa shape index (κ2) is 4.85. The number of carbonyl (C=O) groups excluding carboxylic acids is 1. The van der Waals surface area contributed by atoms with Crippen LogP contribution in [0.2, 0.25) is 5.02 Å². The van der Waals surface area contributed by atoms with Gasteiger partial charge in [-0.1, -0.05) is 23.7 Å². The first-order valence-corrected chi connectivity index (χ1v) is 5.75. The van der Waals surface area contributed by atoms with E-state index in [1.54, 1.807) is 24.3 Å². The van der Waals surface area contributed by atoms with Crippen LogP contribution >= 0.6 is 11.6 Å². The van der Waals surface area contributed by atoms with Crippen molar-refractivity contribution in [1.29, 1.82) is 0 Å². The molecule has 4 heteroatoms. The number of aliphatic hydroxyl groups excluding tert-OH is 1. The van der Waals surface area contributed by atoms with Crippen LogP contribution in [-0.2, 0) is 0 Å². The third kappa shape index (κ3) is 2.54. The van der Waals surface area contributed by atoms with E-state index in [1.165, 1.54) is 0 Å². The molecule has 3 nitrogen and oxygen atoms in total. The summed E-state index contributed by atoms with van der Waals surface area (Å²) in [7, 11) is 0. The summed E-state index contributed by atoms with van der Waals surface area (Å²) in [4.78, 5) is 11.7. The van der Waals surface area contributed by atoms with Gasteiger partial charge in [-0.2, -0.15) is 0 Å². The maximum absolute atomic E-state index is 11.7. The highest BCUT2D eigenvalue weighted by atomic mass is 35.5. The molecule has 1 saturated carbocycles. The minimum Gasteiger partial charge on any atom is -0.393 e. The summed E-state index contributed by atoms with van der Waals surface area (Å²) in [5, 5.41) is 12.4. The van der Waals surface area contributed by atoms with E-state index in [9.17, 15) is 4.79 Å². The van der Waals surface area contributed by atoms with Crippen molar-refractivity contribution >= 4 is 17.5 Å². The molecule has 1 aliphatic rings. The molecule has 0 heterocycles. The van der Waals surface area contributed by atoms with Gasteiger partial charge in [-0.25, -0.2) is 0 Å². The topological polar surface area (TPSA) is 49.3 Å². The summed E-state index contributed by atoms with van der Waals surface area (Å²) < 4.78 is 0. The second-order valence-electron chi connectivity index (χ2n) is 4.18. The standard InChI is InChI=1S/C12H14ClNO2/c13-11-4-2-1-3-10(11)12(16)14-7-8-5-9(15)6-8/h1-4,8-9,15H,5-7H2,(H,14,16). The Morgan fingerprint density at radius 1 is 1.44 bits per heavy atom. The van der Waals surface area contributed by atoms with E-state index in [1.807, 2.05) is 0 Å². The summed E-state index contributed by atoms with van der Waals surface area (Å²) in [5.74, 6) is 0.258. The molecule has 0 aromatic heterocycles. The second-order valence-corrected chi connectivity index (χ2v) is 4.59. The molecular weight excluding hydrogens is 226 g/mol. The van der Waals surface area contributed by atoms with Gasteiger partial charge in [-0.15, -0.1) is 0 Å². The van der Waals surface area contributed by atoms with Crippen molar-refractivity contribution in [1.82, 2.24) is 5.32 Å². The van der Waals surface area contributed by atoms with Gasteiger partial charge in [0.2, 0.25) is 0 Å². The Bertz CT molecular complexity index is 388. The van der Waals surface area contributed by atoms with Crippen LogP contribution in [0.25, 0.3) is 0 Å². The Balaban J connectivity index is 1.86. The molecule has 0 aliphatic heterocycles. The van der Waals surface area contributed by atoms with Gasteiger partial charge in [0.15, 0.2) is 0 Å². The average molecular weight is 240 g/mol. The lowest BCUT2D eigenvalue weighted by Gasteiger charge is -2.31. The predicted molar refractivity (Wildman–Crippen MR) is 62.5 cm³/mol. The Hall–Kier alpha value is -1.06. The van der Waals surface area contributed by atoms with Crippen LogP contribution in [0.3, 0.4) is 0 Å². The van der Waals surface area contributed by atoms with Gasteiger partial charge in [-0.05, 0) is 30.9 Å². The van der Waals surface area contributed by atoms with Gasteiger partial charge in [0.25, 0.3) is 5.91 Å². The number of rotatable bonds is 3. The first-order chi connectivity index (χ1) is 7.66. The smallest absolute Gasteiger partial charge is 0.252 e. The van der Waals surface area contributed by atoms with E-state index in [2.05, 4.69) is 5.32 Å². The molecule has 2 N–H and O–H groups in total. The number of amides is 1. The van der Waals surface area contributed by atoms with Gasteiger partial charge >= 0.3 is 0 Å². The molecule has 0 spiro atoms. The molecule has 0 radical (unpaired) electrons. The number of hydrogen-bond donors (Lipinski definition) is 2. The molecule has 0 bridgehead atoms. The van der Waals surface area contributed by atoms with Gasteiger partial charge in [0, 0.05) is 6.54 Å². The predicted octanol–water partition coefficient (Wildman–Crippen LogP) is 1.84. The van der Waals surface area contributed by atoms with Crippen LogP contribution in [0.1, 0.15) is 23.2 Å². The third-order valence-corrected chi connectivity index (χ3v) is 3.21. The normalized spacial score (nSPS) is 23.6. The first-order valence-electron chi connectivity index (χ1n) is 5.37. The van der Waals surface area contributed by atoms with E-state index in [0.29, 0.717) is 23.0 Å². The summed E-state index contributed by atoms with van der Waals surface area (Å²) in [6.45, 7) is 0.612. The van der Waals surface area contributed by atoms with Crippen molar-refractivity contribution in [3.8, 4) is 0 Å². The van der Waals surface area contributed by atoms with Crippen molar-refractivity contribution in [2.45, 2.75) is 18.9 Å². The zero-order valence-corrected chi connectivity index (χ0v) is 9.57. The molecule has 1 aromatic rings. The molecule has 1 amide bonds. The minimum absolute atomic E-state index is 0.146. The van der Waals surface area contributed by atoms with Crippen LogP contribution in [-0.4, -0.2) is 23.7 Å². The highest BCUT2D eigenvalue weighted by Crippen LogP contribution is 2.26. The number of benzene rings is 1. The summed E-state index contributed by atoms with van der Waals surface area (Å²) in [6.07, 6.45) is 1.38. The molecule has 16 heavy (non-hydrogen) atoms. The number of halogens is 1. The van der Waals surface area contributed by atoms with E-state index >= 15 is 0 Å². The molecule has 1 aliphatic carbocycles. The molecule has 1 fully saturated rings. The van der Waals surface area contributed by atoms with Crippen molar-refractivity contribution in [3.63, 3.8) is 0 Å². The molecule has 2 rings (SSSR count). The van der Waals surface area contributed by atoms with E-state index in [4.69, 9.17) is 16.7 Å². The minimum atomic E-state index is -0.179. The summed E-state index contributed by atoms with van der Waals surface area (Å²) in [6, 6.07) is 6.98. The van der Waals surface area contributed by atoms with Crippen LogP contribution < -0.4 is 5.32 Å². The molecule has 86 valence electrons. The number of hydrogen-bond acceptors (Lipinski definition) is 2. The molecule has 0 unspecified atom stereocenters. The van der Waals surface area contributed by atoms with Crippen LogP contribution in [0.15, 0.2) is 24.3 Å². The number of nitrogens with one attached hydrogen (secondary N) is 1. The lowest BCUT2D eigenvalue weighted by molar-refractivity contribution is 0.0420. The van der Waals surface area contributed by atoms with Crippen molar-refractivity contribution in [2.24, 2.45) is 5.92 Å². The number of aliphatic hydroxyl groups is 1. The van der Waals surface area contributed by atoms with Gasteiger partial charge in [-0.3, -0.25) is 4.79 Å². The van der Waals surface area contributed by atoms with Gasteiger partial charge in [0.05, 0.1) is 16.7 Å². The molecule has 0 atom stereocenters. The Labute approximate surface area is 99.4 Å². The fourth-order valence-corrected chi connectivity index (χ4v) is 2.07. The zero-order chi connectivity index (χ0) is 11.5. The fraction of sp³-hybridized carbons (Fsp3) is 0.417. The largest absolute Gasteiger partial charge is 0.393 e. The quantitative estimate of drug-likeness (QED) is 0.846. The summed E-state index contributed by atoms with van der Waals surface area (Å²) >= 11 is 5.90. The molecule has 1 aromatic carbocycles. The number of carbonyl (C=O) groups is 1. The van der Waals surface area contributed by atoms with E-state index in [0.717, 1.165) is 12.8 Å². The van der Waals surface area contributed by atoms with Crippen LogP contribution in [0.4, 0.5) is 0 Å². The SMILES string of the molecule is O=C(NCC1CC(O)C1)c1ccccc1Cl. The van der Waals surface area contributed by atoms with Gasteiger partial charge in [0.1, 0.15) is 0 Å². The Morgan fingerprint density at radius 3 is 2.75 bits per heavy atom. The highest BCUT2D eigenvalue weighted by Gasteiger charge is 2.27. The van der Waals surface area contributed by atoms with Crippen molar-refractivity contribution < 1.29 is 9.90 Å². The molecular formula is C12H14ClNO2. The lowest BCUT2D eigenvalue weighted by atomic mass is 9.82. The third-order valence-electron chi connectivity index (χ3n) is 2.88. The highest BCUT2D eigenvalue weighted by molar-refractivity contribution is 6.33. The zero-order valence-electron chi connectivity index (χ0n) is 8.82. The lowest BCUT2D eigenvalue weighted by Crippen LogP contribution is -2.38. The molecule has 0 saturated heterocycles. The monoisotopic (exact) mass is 239 g/mol. The van der Waals surface area contributed by atoms with Crippen LogP contribution in [0.5, 0.6) is 0 Å². The fourth-order valence-electron chi connectivity index (χ4n) is 1.84. The van der Waals surface area contributed by atoms with E-state index < -0.39 is 0 Å². The van der Waals surface area contributed by atoms with Crippen molar-refractivity contribution in [3.05, 3.63) is 34.9 Å². The van der Waals surface area contributed by atoms with Crippen LogP contribution in [0, 0.1) is 5.92 Å². The first kappa shape index (κ1) is 11.4. The summed E-state index contributed by atoms with van der Waals surface area (Å²) in [5.41, 5.74) is 0.504. The van der Waals surface area contributed by atoms with Crippen molar-refractivity contribution in [2.75, 3.05) is 6.54 Å². The maximum atomic E-state index is 11.7. The Morgan fingerprint density at radius 2 is 2.12 bits per heavy atom. The van der Waals surface area contributed by atoms with Gasteiger partial charge < -0.3 is 10.4 Å². The van der Waals surface area contributed by atoms with E-state index in [-0.39, 0.29) is 12.0 Å². The average Bonchev–Trinajstić information content (AvgIpc) is 2.23.